The summed E-state index contributed by atoms with van der Waals surface area (Å²) in [4.78, 5) is 29.2. The van der Waals surface area contributed by atoms with Gasteiger partial charge in [0.15, 0.2) is 0 Å². The Morgan fingerprint density at radius 2 is 1.60 bits per heavy atom. The number of para-hydroxylation sites is 2. The minimum Gasteiger partial charge on any atom is -0.495 e. The molecule has 1 N–H and O–H groups in total. The molecule has 8 nitrogen and oxygen atoms in total. The molecule has 0 saturated heterocycles. The van der Waals surface area contributed by atoms with Crippen LogP contribution in [-0.4, -0.2) is 56.6 Å². The molecule has 0 bridgehead atoms. The van der Waals surface area contributed by atoms with Gasteiger partial charge in [-0.1, -0.05) is 66.2 Å². The number of amides is 2. The van der Waals surface area contributed by atoms with Crippen LogP contribution in [0.25, 0.3) is 0 Å². The van der Waals surface area contributed by atoms with E-state index in [4.69, 9.17) is 16.3 Å². The van der Waals surface area contributed by atoms with E-state index in [1.807, 2.05) is 57.2 Å². The second-order valence-electron chi connectivity index (χ2n) is 11.2. The van der Waals surface area contributed by atoms with E-state index < -0.39 is 21.6 Å². The molecule has 0 heterocycles. The molecule has 226 valence electrons. The Bertz CT molecular complexity index is 1460. The highest BCUT2D eigenvalue weighted by molar-refractivity contribution is 7.92. The monoisotopic (exact) mass is 613 g/mol. The molecule has 1 atom stereocenters. The Kier molecular flexibility index (Phi) is 11.4. The molecule has 2 amide bonds. The van der Waals surface area contributed by atoms with Crippen molar-refractivity contribution in [1.82, 2.24) is 10.2 Å². The number of sulfonamides is 1. The van der Waals surface area contributed by atoms with Gasteiger partial charge in [-0.25, -0.2) is 8.42 Å². The van der Waals surface area contributed by atoms with E-state index in [9.17, 15) is 18.0 Å². The standard InChI is InChI=1S/C32H40ClN3O5S/c1-32(2,3)34-31(38)28(22-24-13-7-6-8-14-24)35(23-25-15-11-16-26(33)21-25)30(37)19-12-20-36(42(5,39)40)27-17-9-10-18-29(27)41-4/h6-11,13-18,21,28H,12,19-20,22-23H2,1-5H3,(H,34,38)/t28-/m1/s1. The van der Waals surface area contributed by atoms with Gasteiger partial charge >= 0.3 is 0 Å². The first kappa shape index (κ1) is 32.9. The molecule has 0 aliphatic carbocycles. The summed E-state index contributed by atoms with van der Waals surface area (Å²) in [6.45, 7) is 5.91. The van der Waals surface area contributed by atoms with Gasteiger partial charge in [-0.05, 0) is 62.6 Å². The van der Waals surface area contributed by atoms with Crippen LogP contribution in [0.3, 0.4) is 0 Å². The van der Waals surface area contributed by atoms with Gasteiger partial charge < -0.3 is 15.0 Å². The van der Waals surface area contributed by atoms with Crippen LogP contribution in [0.2, 0.25) is 5.02 Å². The lowest BCUT2D eigenvalue weighted by atomic mass is 10.00. The molecule has 0 aromatic heterocycles. The Morgan fingerprint density at radius 3 is 2.21 bits per heavy atom. The van der Waals surface area contributed by atoms with E-state index >= 15 is 0 Å². The Labute approximate surface area is 254 Å². The number of hydrogen-bond acceptors (Lipinski definition) is 5. The number of carbonyl (C=O) groups excluding carboxylic acids is 2. The number of benzene rings is 3. The lowest BCUT2D eigenvalue weighted by molar-refractivity contribution is -0.142. The lowest BCUT2D eigenvalue weighted by Gasteiger charge is -2.34. The number of nitrogens with one attached hydrogen (secondary N) is 1. The molecule has 0 unspecified atom stereocenters. The van der Waals surface area contributed by atoms with Crippen LogP contribution in [0, 0.1) is 0 Å². The second-order valence-corrected chi connectivity index (χ2v) is 13.6. The first-order valence-electron chi connectivity index (χ1n) is 13.8. The first-order valence-corrected chi connectivity index (χ1v) is 16.0. The topological polar surface area (TPSA) is 96.0 Å². The van der Waals surface area contributed by atoms with Gasteiger partial charge in [0.1, 0.15) is 11.8 Å². The summed E-state index contributed by atoms with van der Waals surface area (Å²) in [6.07, 6.45) is 1.69. The van der Waals surface area contributed by atoms with Crippen molar-refractivity contribution in [2.75, 3.05) is 24.2 Å². The van der Waals surface area contributed by atoms with Gasteiger partial charge in [-0.15, -0.1) is 0 Å². The van der Waals surface area contributed by atoms with Crippen molar-refractivity contribution in [3.63, 3.8) is 0 Å². The lowest BCUT2D eigenvalue weighted by Crippen LogP contribution is -2.54. The molecule has 3 aromatic carbocycles. The van der Waals surface area contributed by atoms with Gasteiger partial charge in [0.05, 0.1) is 19.1 Å². The van der Waals surface area contributed by atoms with Crippen LogP contribution in [0.4, 0.5) is 5.69 Å². The molecule has 0 saturated carbocycles. The zero-order valence-electron chi connectivity index (χ0n) is 24.8. The highest BCUT2D eigenvalue weighted by Crippen LogP contribution is 2.30. The van der Waals surface area contributed by atoms with Crippen LogP contribution in [0.5, 0.6) is 5.75 Å². The summed E-state index contributed by atoms with van der Waals surface area (Å²) in [5, 5.41) is 3.57. The predicted octanol–water partition coefficient (Wildman–Crippen LogP) is 5.45. The van der Waals surface area contributed by atoms with E-state index in [1.165, 1.54) is 11.4 Å². The van der Waals surface area contributed by atoms with E-state index in [-0.39, 0.29) is 37.7 Å². The molecule has 3 rings (SSSR count). The Balaban J connectivity index is 1.92. The summed E-state index contributed by atoms with van der Waals surface area (Å²) in [7, 11) is -2.18. The maximum Gasteiger partial charge on any atom is 0.243 e. The molecule has 0 fully saturated rings. The van der Waals surface area contributed by atoms with Gasteiger partial charge in [-0.2, -0.15) is 0 Å². The average Bonchev–Trinajstić information content (AvgIpc) is 2.92. The molecule has 0 aliphatic heterocycles. The van der Waals surface area contributed by atoms with Crippen LogP contribution < -0.4 is 14.4 Å². The number of rotatable bonds is 13. The van der Waals surface area contributed by atoms with Gasteiger partial charge in [0.2, 0.25) is 21.8 Å². The van der Waals surface area contributed by atoms with Crippen molar-refractivity contribution < 1.29 is 22.7 Å². The van der Waals surface area contributed by atoms with E-state index in [2.05, 4.69) is 5.32 Å². The van der Waals surface area contributed by atoms with Crippen molar-refractivity contribution in [2.45, 2.75) is 58.2 Å². The van der Waals surface area contributed by atoms with Crippen LogP contribution in [-0.2, 0) is 32.6 Å². The van der Waals surface area contributed by atoms with Gasteiger partial charge in [0, 0.05) is 36.5 Å². The molecule has 0 spiro atoms. The number of nitrogens with zero attached hydrogens (tertiary/aromatic N) is 2. The van der Waals surface area contributed by atoms with Crippen LogP contribution in [0.15, 0.2) is 78.9 Å². The SMILES string of the molecule is COc1ccccc1N(CCCC(=O)N(Cc1cccc(Cl)c1)[C@H](Cc1ccccc1)C(=O)NC(C)(C)C)S(C)(=O)=O. The summed E-state index contributed by atoms with van der Waals surface area (Å²) in [5.41, 5.74) is 1.58. The molecule has 0 aliphatic rings. The number of hydrogen-bond donors (Lipinski definition) is 1. The van der Waals surface area contributed by atoms with Crippen molar-refractivity contribution >= 4 is 39.1 Å². The molecule has 10 heteroatoms. The average molecular weight is 614 g/mol. The first-order chi connectivity index (χ1) is 19.8. The summed E-state index contributed by atoms with van der Waals surface area (Å²) in [5.74, 6) is -0.124. The van der Waals surface area contributed by atoms with E-state index in [1.54, 1.807) is 47.4 Å². The van der Waals surface area contributed by atoms with Gasteiger partial charge in [0.25, 0.3) is 0 Å². The van der Waals surface area contributed by atoms with Crippen molar-refractivity contribution in [3.05, 3.63) is 95.0 Å². The summed E-state index contributed by atoms with van der Waals surface area (Å²) < 4.78 is 32.1. The molecular formula is C32H40ClN3O5S. The third kappa shape index (κ3) is 9.77. The number of anilines is 1. The number of carbonyl (C=O) groups is 2. The summed E-state index contributed by atoms with van der Waals surface area (Å²) >= 11 is 6.26. The number of ether oxygens (including phenoxy) is 1. The third-order valence-corrected chi connectivity index (χ3v) is 7.93. The van der Waals surface area contributed by atoms with Crippen molar-refractivity contribution in [1.29, 1.82) is 0 Å². The highest BCUT2D eigenvalue weighted by atomic mass is 35.5. The number of methoxy groups -OCH3 is 1. The molecule has 3 aromatic rings. The van der Waals surface area contributed by atoms with E-state index in [0.29, 0.717) is 22.9 Å². The predicted molar refractivity (Wildman–Crippen MR) is 168 cm³/mol. The number of halogens is 1. The van der Waals surface area contributed by atoms with Crippen LogP contribution >= 0.6 is 11.6 Å². The highest BCUT2D eigenvalue weighted by Gasteiger charge is 2.32. The molecule has 42 heavy (non-hydrogen) atoms. The third-order valence-electron chi connectivity index (χ3n) is 6.52. The quantitative estimate of drug-likeness (QED) is 0.277. The normalized spacial score (nSPS) is 12.3. The molecular weight excluding hydrogens is 574 g/mol. The zero-order chi connectivity index (χ0) is 30.9. The maximum atomic E-state index is 13.9. The van der Waals surface area contributed by atoms with Crippen molar-refractivity contribution in [3.8, 4) is 5.75 Å². The van der Waals surface area contributed by atoms with Crippen molar-refractivity contribution in [2.24, 2.45) is 0 Å². The fraction of sp³-hybridized carbons (Fsp3) is 0.375. The fourth-order valence-corrected chi connectivity index (χ4v) is 5.84. The fourth-order valence-electron chi connectivity index (χ4n) is 4.66. The van der Waals surface area contributed by atoms with E-state index in [0.717, 1.165) is 17.4 Å². The molecule has 0 radical (unpaired) electrons. The minimum absolute atomic E-state index is 0.0236. The zero-order valence-corrected chi connectivity index (χ0v) is 26.4. The minimum atomic E-state index is -3.66. The Morgan fingerprint density at radius 1 is 0.952 bits per heavy atom. The largest absolute Gasteiger partial charge is 0.495 e. The van der Waals surface area contributed by atoms with Gasteiger partial charge in [-0.3, -0.25) is 13.9 Å². The second kappa shape index (κ2) is 14.6. The maximum absolute atomic E-state index is 13.9. The smallest absolute Gasteiger partial charge is 0.243 e. The summed E-state index contributed by atoms with van der Waals surface area (Å²) in [6, 6.07) is 22.8. The van der Waals surface area contributed by atoms with Crippen LogP contribution in [0.1, 0.15) is 44.7 Å². The Hall–Kier alpha value is -3.56.